The monoisotopic (exact) mass is 315 g/mol. The summed E-state index contributed by atoms with van der Waals surface area (Å²) in [4.78, 5) is 22.0. The van der Waals surface area contributed by atoms with Crippen molar-refractivity contribution in [2.45, 2.75) is 19.6 Å². The van der Waals surface area contributed by atoms with E-state index in [0.717, 1.165) is 11.3 Å². The Kier molecular flexibility index (Phi) is 4.69. The molecule has 0 fully saturated rings. The number of carboxylic acid groups (broad SMARTS) is 1. The molecule has 0 radical (unpaired) electrons. The first-order chi connectivity index (χ1) is 9.99. The predicted molar refractivity (Wildman–Crippen MR) is 72.9 cm³/mol. The number of aliphatic carboxylic acids is 1. The van der Waals surface area contributed by atoms with Crippen molar-refractivity contribution in [3.05, 3.63) is 39.3 Å². The van der Waals surface area contributed by atoms with Gasteiger partial charge in [0.2, 0.25) is 0 Å². The molecule has 5 nitrogen and oxygen atoms in total. The molecular weight excluding hydrogens is 304 g/mol. The molecule has 1 aromatic heterocycles. The zero-order valence-corrected chi connectivity index (χ0v) is 11.5. The number of halogens is 2. The molecule has 0 aliphatic carbocycles. The average Bonchev–Trinajstić information content (AvgIpc) is 2.77. The number of nitrogens with zero attached hydrogens (tertiary/aromatic N) is 1. The third-order valence-electron chi connectivity index (χ3n) is 2.71. The quantitative estimate of drug-likeness (QED) is 0.890. The van der Waals surface area contributed by atoms with Crippen LogP contribution in [0.2, 0.25) is 0 Å². The van der Waals surface area contributed by atoms with Crippen molar-refractivity contribution in [1.29, 1.82) is 0 Å². The van der Waals surface area contributed by atoms with Crippen molar-refractivity contribution in [2.75, 3.05) is 0 Å². The van der Waals surface area contributed by atoms with Crippen LogP contribution in [0.3, 0.4) is 0 Å². The maximum atomic E-state index is 12.4. The molecule has 0 spiro atoms. The topological polar surface area (TPSA) is 68.5 Å². The van der Waals surface area contributed by atoms with E-state index in [1.165, 1.54) is 28.1 Å². The van der Waals surface area contributed by atoms with Crippen molar-refractivity contribution in [2.24, 2.45) is 0 Å². The van der Waals surface area contributed by atoms with Crippen LogP contribution in [0.1, 0.15) is 6.42 Å². The van der Waals surface area contributed by atoms with Crippen molar-refractivity contribution < 1.29 is 23.4 Å². The summed E-state index contributed by atoms with van der Waals surface area (Å²) in [5, 5.41) is 10.2. The zero-order valence-electron chi connectivity index (χ0n) is 10.7. The summed E-state index contributed by atoms with van der Waals surface area (Å²) >= 11 is 0.877. The molecule has 2 aromatic rings. The van der Waals surface area contributed by atoms with Gasteiger partial charge in [-0.1, -0.05) is 23.5 Å². The number of rotatable bonds is 6. The van der Waals surface area contributed by atoms with E-state index in [0.29, 0.717) is 11.3 Å². The van der Waals surface area contributed by atoms with Crippen LogP contribution < -0.4 is 9.61 Å². The molecule has 112 valence electrons. The number of aromatic nitrogens is 1. The van der Waals surface area contributed by atoms with Crippen LogP contribution >= 0.6 is 11.3 Å². The molecule has 0 bridgehead atoms. The second-order valence-corrected chi connectivity index (χ2v) is 4.88. The molecule has 1 N–H and O–H groups in total. The number of ether oxygens (including phenoxy) is 1. The lowest BCUT2D eigenvalue weighted by atomic mass is 10.1. The molecule has 0 aliphatic rings. The highest BCUT2D eigenvalue weighted by Crippen LogP contribution is 2.31. The summed E-state index contributed by atoms with van der Waals surface area (Å²) in [5.41, 5.74) is 0.684. The van der Waals surface area contributed by atoms with Gasteiger partial charge in [0, 0.05) is 17.5 Å². The fraction of sp³-hybridized carbons (Fsp3) is 0.231. The van der Waals surface area contributed by atoms with Gasteiger partial charge in [0.25, 0.3) is 0 Å². The molecule has 1 aromatic carbocycles. The third kappa shape index (κ3) is 3.66. The summed E-state index contributed by atoms with van der Waals surface area (Å²) in [5.74, 6) is -1.11. The van der Waals surface area contributed by atoms with Gasteiger partial charge in [0.15, 0.2) is 0 Å². The van der Waals surface area contributed by atoms with Gasteiger partial charge in [0.05, 0.1) is 12.1 Å². The number of hydrogen-bond acceptors (Lipinski definition) is 4. The number of thiazole rings is 1. The summed E-state index contributed by atoms with van der Waals surface area (Å²) in [7, 11) is 0. The molecule has 0 saturated carbocycles. The summed E-state index contributed by atoms with van der Waals surface area (Å²) in [6.07, 6.45) is -0.235. The van der Waals surface area contributed by atoms with Crippen molar-refractivity contribution in [3.63, 3.8) is 0 Å². The fourth-order valence-electron chi connectivity index (χ4n) is 1.84. The van der Waals surface area contributed by atoms with Gasteiger partial charge in [-0.2, -0.15) is 8.78 Å². The maximum Gasteiger partial charge on any atom is 0.387 e. The van der Waals surface area contributed by atoms with Gasteiger partial charge < -0.3 is 9.84 Å². The largest absolute Gasteiger partial charge is 0.481 e. The highest BCUT2D eigenvalue weighted by atomic mass is 32.1. The Bertz CT molecular complexity index is 695. The number of benzene rings is 1. The van der Waals surface area contributed by atoms with E-state index in [9.17, 15) is 18.4 Å². The molecule has 0 unspecified atom stereocenters. The fourth-order valence-corrected chi connectivity index (χ4v) is 2.62. The predicted octanol–water partition coefficient (Wildman–Crippen LogP) is 2.65. The van der Waals surface area contributed by atoms with Crippen molar-refractivity contribution in [3.8, 4) is 17.0 Å². The Labute approximate surface area is 122 Å². The SMILES string of the molecule is O=C(O)CCn1c(-c2ccccc2OC(F)F)csc1=O. The van der Waals surface area contributed by atoms with Gasteiger partial charge in [-0.3, -0.25) is 14.2 Å². The number of carboxylic acids is 1. The minimum absolute atomic E-state index is 0.0317. The Hall–Kier alpha value is -2.22. The van der Waals surface area contributed by atoms with Gasteiger partial charge in [0.1, 0.15) is 5.75 Å². The summed E-state index contributed by atoms with van der Waals surface area (Å²) in [6.45, 7) is -3.01. The van der Waals surface area contributed by atoms with Gasteiger partial charge in [-0.15, -0.1) is 0 Å². The lowest BCUT2D eigenvalue weighted by molar-refractivity contribution is -0.137. The van der Waals surface area contributed by atoms with Gasteiger partial charge in [-0.05, 0) is 12.1 Å². The average molecular weight is 315 g/mol. The highest BCUT2D eigenvalue weighted by molar-refractivity contribution is 7.07. The van der Waals surface area contributed by atoms with Crippen LogP contribution in [-0.2, 0) is 11.3 Å². The smallest absolute Gasteiger partial charge is 0.387 e. The van der Waals surface area contributed by atoms with E-state index in [1.54, 1.807) is 6.07 Å². The van der Waals surface area contributed by atoms with Crippen LogP contribution in [-0.4, -0.2) is 22.3 Å². The molecule has 0 amide bonds. The Balaban J connectivity index is 2.43. The van der Waals surface area contributed by atoms with Crippen LogP contribution in [0, 0.1) is 0 Å². The van der Waals surface area contributed by atoms with Crippen LogP contribution in [0.15, 0.2) is 34.4 Å². The zero-order chi connectivity index (χ0) is 15.4. The number of alkyl halides is 2. The Morgan fingerprint density at radius 3 is 2.76 bits per heavy atom. The van der Waals surface area contributed by atoms with Crippen molar-refractivity contribution in [1.82, 2.24) is 4.57 Å². The second kappa shape index (κ2) is 6.49. The molecular formula is C13H11F2NO4S. The lowest BCUT2D eigenvalue weighted by Gasteiger charge is -2.12. The van der Waals surface area contributed by atoms with Crippen LogP contribution in [0.4, 0.5) is 8.78 Å². The Morgan fingerprint density at radius 1 is 1.38 bits per heavy atom. The van der Waals surface area contributed by atoms with E-state index in [4.69, 9.17) is 5.11 Å². The molecule has 0 atom stereocenters. The normalized spacial score (nSPS) is 10.8. The number of carbonyl (C=O) groups is 1. The molecule has 1 heterocycles. The van der Waals surface area contributed by atoms with Crippen LogP contribution in [0.5, 0.6) is 5.75 Å². The highest BCUT2D eigenvalue weighted by Gasteiger charge is 2.16. The first-order valence-corrected chi connectivity index (χ1v) is 6.81. The number of para-hydroxylation sites is 1. The van der Waals surface area contributed by atoms with E-state index < -0.39 is 12.6 Å². The minimum atomic E-state index is -2.98. The maximum absolute atomic E-state index is 12.4. The lowest BCUT2D eigenvalue weighted by Crippen LogP contribution is -2.17. The molecule has 8 heteroatoms. The minimum Gasteiger partial charge on any atom is -0.481 e. The van der Waals surface area contributed by atoms with E-state index in [2.05, 4.69) is 4.74 Å². The molecule has 0 saturated heterocycles. The van der Waals surface area contributed by atoms with E-state index in [-0.39, 0.29) is 23.6 Å². The molecule has 2 rings (SSSR count). The molecule has 0 aliphatic heterocycles. The summed E-state index contributed by atoms with van der Waals surface area (Å²) in [6, 6.07) is 6.06. The van der Waals surface area contributed by atoms with Crippen LogP contribution in [0.25, 0.3) is 11.3 Å². The third-order valence-corrected chi connectivity index (χ3v) is 3.47. The number of hydrogen-bond donors (Lipinski definition) is 1. The standard InChI is InChI=1S/C13H11F2NO4S/c14-12(15)20-10-4-2-1-3-8(10)9-7-21-13(19)16(9)6-5-11(17)18/h1-4,7,12H,5-6H2,(H,17,18). The molecule has 21 heavy (non-hydrogen) atoms. The van der Waals surface area contributed by atoms with E-state index in [1.807, 2.05) is 0 Å². The van der Waals surface area contributed by atoms with Crippen molar-refractivity contribution >= 4 is 17.3 Å². The first-order valence-electron chi connectivity index (χ1n) is 5.93. The first kappa shape index (κ1) is 15.2. The van der Waals surface area contributed by atoms with Gasteiger partial charge >= 0.3 is 17.5 Å². The Morgan fingerprint density at radius 2 is 2.10 bits per heavy atom. The summed E-state index contributed by atoms with van der Waals surface area (Å²) < 4.78 is 30.5. The second-order valence-electron chi connectivity index (χ2n) is 4.06. The van der Waals surface area contributed by atoms with E-state index >= 15 is 0 Å². The van der Waals surface area contributed by atoms with Gasteiger partial charge in [-0.25, -0.2) is 0 Å².